The van der Waals surface area contributed by atoms with E-state index in [9.17, 15) is 4.79 Å². The smallest absolute Gasteiger partial charge is 0.410 e. The summed E-state index contributed by atoms with van der Waals surface area (Å²) in [7, 11) is 0. The van der Waals surface area contributed by atoms with Gasteiger partial charge in [0, 0.05) is 19.9 Å². The van der Waals surface area contributed by atoms with Gasteiger partial charge >= 0.3 is 6.09 Å². The van der Waals surface area contributed by atoms with Crippen molar-refractivity contribution in [2.24, 2.45) is 0 Å². The predicted molar refractivity (Wildman–Crippen MR) is 72.9 cm³/mol. The highest BCUT2D eigenvalue weighted by Crippen LogP contribution is 2.21. The van der Waals surface area contributed by atoms with Crippen molar-refractivity contribution in [3.8, 4) is 0 Å². The van der Waals surface area contributed by atoms with Crippen molar-refractivity contribution in [1.82, 2.24) is 9.88 Å². The van der Waals surface area contributed by atoms with E-state index in [0.29, 0.717) is 19.0 Å². The Balaban J connectivity index is 0.000000861. The lowest BCUT2D eigenvalue weighted by atomic mass is 10.1. The molecule has 0 radical (unpaired) electrons. The number of ether oxygens (including phenoxy) is 1. The number of oxazole rings is 1. The number of carbonyl (C=O) groups excluding carboxylic acids is 1. The summed E-state index contributed by atoms with van der Waals surface area (Å²) in [5.41, 5.74) is 0.497. The van der Waals surface area contributed by atoms with Gasteiger partial charge in [-0.2, -0.15) is 0 Å². The van der Waals surface area contributed by atoms with Crippen molar-refractivity contribution in [3.63, 3.8) is 0 Å². The average Bonchev–Trinajstić information content (AvgIpc) is 2.68. The molecule has 1 aliphatic heterocycles. The molecule has 0 fully saturated rings. The molecule has 1 aliphatic rings. The zero-order valence-corrected chi connectivity index (χ0v) is 12.7. The summed E-state index contributed by atoms with van der Waals surface area (Å²) in [5, 5.41) is 0. The number of hydrogen-bond donors (Lipinski definition) is 0. The van der Waals surface area contributed by atoms with Gasteiger partial charge in [0.15, 0.2) is 5.89 Å². The Morgan fingerprint density at radius 1 is 1.37 bits per heavy atom. The Bertz CT molecular complexity index is 432. The van der Waals surface area contributed by atoms with E-state index >= 15 is 0 Å². The van der Waals surface area contributed by atoms with Gasteiger partial charge in [0.05, 0.1) is 12.2 Å². The van der Waals surface area contributed by atoms with Gasteiger partial charge in [-0.15, -0.1) is 0 Å². The number of aryl methyl sites for hydroxylation is 1. The van der Waals surface area contributed by atoms with Gasteiger partial charge in [-0.1, -0.05) is 13.8 Å². The van der Waals surface area contributed by atoms with Crippen LogP contribution < -0.4 is 0 Å². The summed E-state index contributed by atoms with van der Waals surface area (Å²) >= 11 is 0. The highest BCUT2D eigenvalue weighted by atomic mass is 16.6. The molecule has 0 aromatic carbocycles. The molecule has 1 amide bonds. The third-order valence-electron chi connectivity index (χ3n) is 2.49. The van der Waals surface area contributed by atoms with Crippen molar-refractivity contribution >= 4 is 6.09 Å². The van der Waals surface area contributed by atoms with Crippen LogP contribution in [-0.2, 0) is 17.7 Å². The first kappa shape index (κ1) is 15.5. The molecule has 2 heterocycles. The normalized spacial score (nSPS) is 14.3. The Kier molecular flexibility index (Phi) is 4.97. The fourth-order valence-electron chi connectivity index (χ4n) is 1.81. The van der Waals surface area contributed by atoms with Crippen LogP contribution in [0.1, 0.15) is 52.0 Å². The molecule has 0 saturated carbocycles. The van der Waals surface area contributed by atoms with Gasteiger partial charge in [0.1, 0.15) is 11.4 Å². The fourth-order valence-corrected chi connectivity index (χ4v) is 1.81. The van der Waals surface area contributed by atoms with Gasteiger partial charge in [-0.3, -0.25) is 0 Å². The van der Waals surface area contributed by atoms with E-state index in [1.807, 2.05) is 41.5 Å². The van der Waals surface area contributed by atoms with Gasteiger partial charge in [0.2, 0.25) is 0 Å². The summed E-state index contributed by atoms with van der Waals surface area (Å²) in [6, 6.07) is 0. The number of fused-ring (bicyclic) bond motifs is 1. The van der Waals surface area contributed by atoms with Crippen LogP contribution >= 0.6 is 0 Å². The summed E-state index contributed by atoms with van der Waals surface area (Å²) in [6.45, 7) is 12.5. The van der Waals surface area contributed by atoms with Crippen molar-refractivity contribution in [2.75, 3.05) is 6.54 Å². The summed E-state index contributed by atoms with van der Waals surface area (Å²) in [6.07, 6.45) is 0.434. The maximum atomic E-state index is 11.9. The number of carbonyl (C=O) groups is 1. The maximum Gasteiger partial charge on any atom is 0.410 e. The van der Waals surface area contributed by atoms with Gasteiger partial charge < -0.3 is 14.1 Å². The van der Waals surface area contributed by atoms with Crippen molar-refractivity contribution in [1.29, 1.82) is 0 Å². The molecule has 0 saturated heterocycles. The second-order valence-corrected chi connectivity index (χ2v) is 5.25. The first-order valence-electron chi connectivity index (χ1n) is 6.78. The van der Waals surface area contributed by atoms with Gasteiger partial charge in [0.25, 0.3) is 0 Å². The number of hydrogen-bond acceptors (Lipinski definition) is 4. The molecule has 0 bridgehead atoms. The highest BCUT2D eigenvalue weighted by Gasteiger charge is 2.28. The summed E-state index contributed by atoms with van der Waals surface area (Å²) in [5.74, 6) is 1.43. The lowest BCUT2D eigenvalue weighted by Crippen LogP contribution is -2.39. The minimum Gasteiger partial charge on any atom is -0.444 e. The molecular formula is C14H24N2O3. The minimum atomic E-state index is -0.464. The van der Waals surface area contributed by atoms with Crippen LogP contribution in [0.3, 0.4) is 0 Å². The van der Waals surface area contributed by atoms with Gasteiger partial charge in [-0.05, 0) is 20.8 Å². The van der Waals surface area contributed by atoms with E-state index in [4.69, 9.17) is 9.15 Å². The van der Waals surface area contributed by atoms with Crippen LogP contribution in [-0.4, -0.2) is 28.1 Å². The Morgan fingerprint density at radius 2 is 2.00 bits per heavy atom. The first-order chi connectivity index (χ1) is 8.85. The van der Waals surface area contributed by atoms with E-state index in [1.165, 1.54) is 0 Å². The largest absolute Gasteiger partial charge is 0.444 e. The zero-order valence-electron chi connectivity index (χ0n) is 12.7. The lowest BCUT2D eigenvalue weighted by molar-refractivity contribution is 0.0208. The zero-order chi connectivity index (χ0) is 14.6. The minimum absolute atomic E-state index is 0.294. The molecule has 1 aromatic rings. The summed E-state index contributed by atoms with van der Waals surface area (Å²) in [4.78, 5) is 17.8. The standard InChI is InChI=1S/C12H18N2O3.C2H6/c1-8-13-9-5-6-14(7-10(9)16-8)11(15)17-12(2,3)4;1-2/h5-7H2,1-4H3;1-2H3. The van der Waals surface area contributed by atoms with E-state index in [-0.39, 0.29) is 6.09 Å². The molecule has 1 aromatic heterocycles. The SMILES string of the molecule is CC.Cc1nc2c(o1)CN(C(=O)OC(C)(C)C)CC2. The molecule has 0 atom stereocenters. The molecule has 5 heteroatoms. The second kappa shape index (κ2) is 6.08. The van der Waals surface area contributed by atoms with Crippen LogP contribution in [0.15, 0.2) is 4.42 Å². The first-order valence-corrected chi connectivity index (χ1v) is 6.78. The quantitative estimate of drug-likeness (QED) is 0.724. The Labute approximate surface area is 114 Å². The Morgan fingerprint density at radius 3 is 2.58 bits per heavy atom. The van der Waals surface area contributed by atoms with Crippen LogP contribution in [0.5, 0.6) is 0 Å². The van der Waals surface area contributed by atoms with Gasteiger partial charge in [-0.25, -0.2) is 9.78 Å². The van der Waals surface area contributed by atoms with Crippen LogP contribution in [0.4, 0.5) is 4.79 Å². The van der Waals surface area contributed by atoms with Crippen molar-refractivity contribution in [2.45, 2.75) is 60.1 Å². The molecule has 0 N–H and O–H groups in total. The third kappa shape index (κ3) is 4.26. The average molecular weight is 268 g/mol. The molecule has 0 unspecified atom stereocenters. The third-order valence-corrected chi connectivity index (χ3v) is 2.49. The van der Waals surface area contributed by atoms with Crippen molar-refractivity contribution in [3.05, 3.63) is 17.3 Å². The Hall–Kier alpha value is -1.52. The molecular weight excluding hydrogens is 244 g/mol. The predicted octanol–water partition coefficient (Wildman–Crippen LogP) is 3.30. The second-order valence-electron chi connectivity index (χ2n) is 5.25. The molecule has 0 spiro atoms. The fraction of sp³-hybridized carbons (Fsp3) is 0.714. The van der Waals surface area contributed by atoms with Crippen LogP contribution in [0.2, 0.25) is 0 Å². The van der Waals surface area contributed by atoms with E-state index in [0.717, 1.165) is 17.9 Å². The maximum absolute atomic E-state index is 11.9. The highest BCUT2D eigenvalue weighted by molar-refractivity contribution is 5.68. The molecule has 2 rings (SSSR count). The molecule has 5 nitrogen and oxygen atoms in total. The number of aromatic nitrogens is 1. The molecule has 19 heavy (non-hydrogen) atoms. The molecule has 0 aliphatic carbocycles. The van der Waals surface area contributed by atoms with Crippen LogP contribution in [0, 0.1) is 6.92 Å². The summed E-state index contributed by atoms with van der Waals surface area (Å²) < 4.78 is 10.8. The number of rotatable bonds is 0. The monoisotopic (exact) mass is 268 g/mol. The molecule has 108 valence electrons. The van der Waals surface area contributed by atoms with E-state index in [1.54, 1.807) is 4.90 Å². The van der Waals surface area contributed by atoms with E-state index < -0.39 is 5.60 Å². The number of amides is 1. The van der Waals surface area contributed by atoms with E-state index in [2.05, 4.69) is 4.98 Å². The number of nitrogens with zero attached hydrogens (tertiary/aromatic N) is 2. The lowest BCUT2D eigenvalue weighted by Gasteiger charge is -2.28. The topological polar surface area (TPSA) is 55.6 Å². The van der Waals surface area contributed by atoms with Crippen LogP contribution in [0.25, 0.3) is 0 Å². The van der Waals surface area contributed by atoms with Crippen molar-refractivity contribution < 1.29 is 13.9 Å².